The molecule has 0 radical (unpaired) electrons. The molecule has 1 N–H and O–H groups in total. The van der Waals surface area contributed by atoms with E-state index in [1.807, 2.05) is 12.1 Å². The molecule has 1 saturated heterocycles. The van der Waals surface area contributed by atoms with Crippen molar-refractivity contribution in [3.63, 3.8) is 0 Å². The molecule has 2 aromatic heterocycles. The molecule has 140 valence electrons. The number of ether oxygens (including phenoxy) is 1. The van der Waals surface area contributed by atoms with Gasteiger partial charge in [0.15, 0.2) is 5.11 Å². The number of hydrazone groups is 1. The van der Waals surface area contributed by atoms with Crippen LogP contribution in [0.25, 0.3) is 0 Å². The van der Waals surface area contributed by atoms with Gasteiger partial charge in [-0.05, 0) is 36.5 Å². The van der Waals surface area contributed by atoms with Gasteiger partial charge in [0, 0.05) is 50.7 Å². The summed E-state index contributed by atoms with van der Waals surface area (Å²) < 4.78 is 18.9. The minimum Gasteiger partial charge on any atom is -0.491 e. The van der Waals surface area contributed by atoms with Gasteiger partial charge in [-0.15, -0.1) is 0 Å². The number of hydrogen-bond acceptors (Lipinski definition) is 6. The van der Waals surface area contributed by atoms with Gasteiger partial charge in [0.25, 0.3) is 0 Å². The van der Waals surface area contributed by atoms with Gasteiger partial charge in [0.05, 0.1) is 12.3 Å². The third kappa shape index (κ3) is 3.97. The van der Waals surface area contributed by atoms with Crippen molar-refractivity contribution in [2.75, 3.05) is 37.7 Å². The lowest BCUT2D eigenvalue weighted by Crippen LogP contribution is -2.51. The van der Waals surface area contributed by atoms with Crippen molar-refractivity contribution in [2.24, 2.45) is 5.10 Å². The molecule has 4 rings (SSSR count). The van der Waals surface area contributed by atoms with Gasteiger partial charge in [-0.2, -0.15) is 9.49 Å². The minimum absolute atomic E-state index is 0.430. The van der Waals surface area contributed by atoms with Crippen LogP contribution in [0.3, 0.4) is 0 Å². The Morgan fingerprint density at radius 1 is 1.15 bits per heavy atom. The second-order valence-corrected chi connectivity index (χ2v) is 6.62. The Morgan fingerprint density at radius 3 is 2.70 bits per heavy atom. The predicted molar refractivity (Wildman–Crippen MR) is 105 cm³/mol. The van der Waals surface area contributed by atoms with Crippen LogP contribution in [0.5, 0.6) is 5.75 Å². The first-order valence-electron chi connectivity index (χ1n) is 8.77. The van der Waals surface area contributed by atoms with E-state index in [-0.39, 0.29) is 0 Å². The summed E-state index contributed by atoms with van der Waals surface area (Å²) in [5.74, 6) is -0.0122. The fourth-order valence-electron chi connectivity index (χ4n) is 3.14. The number of fused-ring (bicyclic) bond motifs is 1. The molecule has 1 fully saturated rings. The normalized spacial score (nSPS) is 18.0. The SMILES string of the molecule is Fc1ccc2c(n1)/C(=N\NC(=S)N1CCN(c3ccncc3)CC1)CCO2. The number of rotatable bonds is 2. The first-order valence-corrected chi connectivity index (χ1v) is 9.18. The van der Waals surface area contributed by atoms with E-state index in [9.17, 15) is 4.39 Å². The van der Waals surface area contributed by atoms with E-state index in [1.165, 1.54) is 6.07 Å². The van der Waals surface area contributed by atoms with Crippen LogP contribution >= 0.6 is 12.2 Å². The van der Waals surface area contributed by atoms with Gasteiger partial charge in [-0.25, -0.2) is 4.98 Å². The van der Waals surface area contributed by atoms with E-state index in [2.05, 4.69) is 30.3 Å². The molecule has 27 heavy (non-hydrogen) atoms. The lowest BCUT2D eigenvalue weighted by molar-refractivity contribution is 0.316. The molecule has 7 nitrogen and oxygen atoms in total. The Morgan fingerprint density at radius 2 is 1.93 bits per heavy atom. The molecule has 0 bridgehead atoms. The second-order valence-electron chi connectivity index (χ2n) is 6.23. The van der Waals surface area contributed by atoms with Crippen LogP contribution in [-0.4, -0.2) is 58.5 Å². The summed E-state index contributed by atoms with van der Waals surface area (Å²) >= 11 is 5.48. The van der Waals surface area contributed by atoms with E-state index in [4.69, 9.17) is 17.0 Å². The fourth-order valence-corrected chi connectivity index (χ4v) is 3.37. The van der Waals surface area contributed by atoms with Crippen molar-refractivity contribution < 1.29 is 9.13 Å². The molecule has 9 heteroatoms. The largest absolute Gasteiger partial charge is 0.491 e. The number of aromatic nitrogens is 2. The van der Waals surface area contributed by atoms with Gasteiger partial charge in [-0.3, -0.25) is 10.4 Å². The van der Waals surface area contributed by atoms with Crippen molar-refractivity contribution >= 4 is 28.7 Å². The average Bonchev–Trinajstić information content (AvgIpc) is 2.73. The standard InChI is InChI=1S/C18H19FN6OS/c19-16-2-1-15-17(21-16)14(5-12-26-15)22-23-18(27)25-10-8-24(9-11-25)13-3-6-20-7-4-13/h1-4,6-7H,5,8-12H2,(H,23,27)/b22-14-. The maximum absolute atomic E-state index is 13.4. The van der Waals surface area contributed by atoms with Crippen LogP contribution in [0.15, 0.2) is 41.8 Å². The lowest BCUT2D eigenvalue weighted by Gasteiger charge is -2.36. The quantitative estimate of drug-likeness (QED) is 0.480. The first-order chi connectivity index (χ1) is 13.2. The Labute approximate surface area is 161 Å². The highest BCUT2D eigenvalue weighted by molar-refractivity contribution is 7.80. The summed E-state index contributed by atoms with van der Waals surface area (Å²) in [6, 6.07) is 6.87. The summed E-state index contributed by atoms with van der Waals surface area (Å²) in [4.78, 5) is 12.3. The van der Waals surface area contributed by atoms with Crippen molar-refractivity contribution in [3.8, 4) is 5.75 Å². The highest BCUT2D eigenvalue weighted by Crippen LogP contribution is 2.23. The monoisotopic (exact) mass is 386 g/mol. The van der Waals surface area contributed by atoms with Gasteiger partial charge in [0.2, 0.25) is 5.95 Å². The number of nitrogens with one attached hydrogen (secondary N) is 1. The van der Waals surface area contributed by atoms with Crippen molar-refractivity contribution in [1.82, 2.24) is 20.3 Å². The van der Waals surface area contributed by atoms with E-state index in [0.717, 1.165) is 31.9 Å². The second kappa shape index (κ2) is 7.83. The first kappa shape index (κ1) is 17.6. The van der Waals surface area contributed by atoms with Gasteiger partial charge in [0.1, 0.15) is 11.4 Å². The molecule has 0 atom stereocenters. The molecule has 2 aromatic rings. The molecule has 0 amide bonds. The maximum atomic E-state index is 13.4. The number of anilines is 1. The molecule has 2 aliphatic heterocycles. The number of pyridine rings is 2. The molecule has 2 aliphatic rings. The van der Waals surface area contributed by atoms with Crippen LogP contribution in [0.1, 0.15) is 12.1 Å². The molecule has 0 unspecified atom stereocenters. The number of piperazine rings is 1. The maximum Gasteiger partial charge on any atom is 0.213 e. The van der Waals surface area contributed by atoms with Crippen LogP contribution < -0.4 is 15.1 Å². The Bertz CT molecular complexity index is 854. The van der Waals surface area contributed by atoms with E-state index in [1.54, 1.807) is 18.5 Å². The number of hydrogen-bond donors (Lipinski definition) is 1. The van der Waals surface area contributed by atoms with Gasteiger partial charge in [-0.1, -0.05) is 0 Å². The van der Waals surface area contributed by atoms with Crippen LogP contribution in [0, 0.1) is 5.95 Å². The zero-order valence-electron chi connectivity index (χ0n) is 14.6. The average molecular weight is 386 g/mol. The molecule has 4 heterocycles. The summed E-state index contributed by atoms with van der Waals surface area (Å²) in [5.41, 5.74) is 5.17. The Balaban J connectivity index is 1.37. The third-order valence-electron chi connectivity index (χ3n) is 4.58. The zero-order chi connectivity index (χ0) is 18.6. The molecule has 0 saturated carbocycles. The number of nitrogens with zero attached hydrogens (tertiary/aromatic N) is 5. The Hall–Kier alpha value is -2.81. The molecular weight excluding hydrogens is 367 g/mol. The molecule has 0 aromatic carbocycles. The van der Waals surface area contributed by atoms with Crippen LogP contribution in [0.4, 0.5) is 10.1 Å². The summed E-state index contributed by atoms with van der Waals surface area (Å²) in [6.07, 6.45) is 4.15. The highest BCUT2D eigenvalue weighted by Gasteiger charge is 2.21. The van der Waals surface area contributed by atoms with Crippen LogP contribution in [-0.2, 0) is 0 Å². The Kier molecular flexibility index (Phi) is 5.10. The molecule has 0 spiro atoms. The minimum atomic E-state index is -0.554. The van der Waals surface area contributed by atoms with E-state index < -0.39 is 5.95 Å². The number of thiocarbonyl (C=S) groups is 1. The number of halogens is 1. The van der Waals surface area contributed by atoms with Gasteiger partial charge >= 0.3 is 0 Å². The predicted octanol–water partition coefficient (Wildman–Crippen LogP) is 1.80. The van der Waals surface area contributed by atoms with Crippen molar-refractivity contribution in [2.45, 2.75) is 6.42 Å². The highest BCUT2D eigenvalue weighted by atomic mass is 32.1. The summed E-state index contributed by atoms with van der Waals surface area (Å²) in [7, 11) is 0. The van der Waals surface area contributed by atoms with Crippen LogP contribution in [0.2, 0.25) is 0 Å². The van der Waals surface area contributed by atoms with Crippen molar-refractivity contribution in [3.05, 3.63) is 48.3 Å². The summed E-state index contributed by atoms with van der Waals surface area (Å²) in [5, 5.41) is 4.93. The zero-order valence-corrected chi connectivity index (χ0v) is 15.5. The van der Waals surface area contributed by atoms with E-state index >= 15 is 0 Å². The fraction of sp³-hybridized carbons (Fsp3) is 0.333. The molecule has 0 aliphatic carbocycles. The topological polar surface area (TPSA) is 65.9 Å². The summed E-state index contributed by atoms with van der Waals surface area (Å²) in [6.45, 7) is 3.81. The lowest BCUT2D eigenvalue weighted by atomic mass is 10.1. The van der Waals surface area contributed by atoms with E-state index in [0.29, 0.717) is 35.3 Å². The smallest absolute Gasteiger partial charge is 0.213 e. The third-order valence-corrected chi connectivity index (χ3v) is 4.92. The van der Waals surface area contributed by atoms with Crippen molar-refractivity contribution in [1.29, 1.82) is 0 Å². The molecular formula is C18H19FN6OS. The van der Waals surface area contributed by atoms with Gasteiger partial charge < -0.3 is 14.5 Å².